The number of aliphatic carboxylic acids is 1. The topological polar surface area (TPSA) is 644 Å². The summed E-state index contributed by atoms with van der Waals surface area (Å²) in [5.41, 5.74) is 17.3. The van der Waals surface area contributed by atoms with Crippen LogP contribution < -0.4 is 91.6 Å². The van der Waals surface area contributed by atoms with E-state index >= 15 is 33.6 Å². The van der Waals surface area contributed by atoms with Gasteiger partial charge < -0.3 is 121 Å². The van der Waals surface area contributed by atoms with Crippen LogP contribution in [0.4, 0.5) is 0 Å². The first kappa shape index (κ1) is 110. The Morgan fingerprint density at radius 2 is 1.09 bits per heavy atom. The molecule has 1 saturated carbocycles. The lowest BCUT2D eigenvalue weighted by atomic mass is 9.84. The highest BCUT2D eigenvalue weighted by Gasteiger charge is 2.50. The number of likely N-dealkylation sites (tertiary alicyclic amines) is 3. The van der Waals surface area contributed by atoms with Gasteiger partial charge in [-0.15, -0.1) is 0 Å². The molecule has 2 aromatic heterocycles. The molecule has 4 aliphatic heterocycles. The molecule has 4 saturated heterocycles. The first-order chi connectivity index (χ1) is 67.1. The number of benzene rings is 3. The molecule has 10 rings (SSSR count). The van der Waals surface area contributed by atoms with Gasteiger partial charge in [0, 0.05) is 100 Å². The third-order valence-corrected chi connectivity index (χ3v) is 27.1. The number of piperidine rings is 1. The molecule has 13 atom stereocenters. The minimum absolute atomic E-state index is 0.0170. The van der Waals surface area contributed by atoms with Crippen LogP contribution in [0.2, 0.25) is 0 Å². The highest BCUT2D eigenvalue weighted by molar-refractivity contribution is 9.10. The molecule has 5 aromatic rings. The number of amides is 15. The number of aromatic amines is 1. The smallest absolute Gasteiger partial charge is 0.326 e. The Kier molecular flexibility index (Phi) is 40.6. The van der Waals surface area contributed by atoms with Crippen molar-refractivity contribution in [1.29, 1.82) is 10.8 Å². The van der Waals surface area contributed by atoms with Crippen molar-refractivity contribution in [3.63, 3.8) is 0 Å². The number of carboxylic acid groups (broad SMARTS) is 1. The van der Waals surface area contributed by atoms with Gasteiger partial charge in [-0.05, 0) is 196 Å². The molecular formula is C97H139BrN26O17. The average Bonchev–Trinajstić information content (AvgIpc) is 1.63. The second-order valence-corrected chi connectivity index (χ2v) is 39.6. The van der Waals surface area contributed by atoms with E-state index in [1.54, 1.807) is 62.1 Å². The summed E-state index contributed by atoms with van der Waals surface area (Å²) in [6.07, 6.45) is 10.7. The summed E-state index contributed by atoms with van der Waals surface area (Å²) in [5.74, 6) is -14.2. The van der Waals surface area contributed by atoms with Crippen molar-refractivity contribution >= 4 is 122 Å². The quantitative estimate of drug-likeness (QED) is 0.0108. The fourth-order valence-electron chi connectivity index (χ4n) is 18.7. The fourth-order valence-corrected chi connectivity index (χ4v) is 19.0. The van der Waals surface area contributed by atoms with Crippen molar-refractivity contribution in [3.05, 3.63) is 131 Å². The lowest BCUT2D eigenvalue weighted by Gasteiger charge is -2.35. The lowest BCUT2D eigenvalue weighted by molar-refractivity contribution is -0.145. The number of rotatable bonds is 50. The zero-order valence-electron chi connectivity index (χ0n) is 81.2. The van der Waals surface area contributed by atoms with Gasteiger partial charge in [-0.25, -0.2) is 14.8 Å². The SMILES string of the molecule is CC(C)C[C@H](NC(=O)[C@H](CCCNC(=N)N)NC(=O)[C@@H]1CCCN1C(=O)[C@@H](CCCNC(=N)N)NC(=O)[C@H](CCC(N)=O)NC(=O)C(C)(C)C(=O)NCCc1cnc[nH]1)C(=O)NC(C)(C)C(=O)N[C@@H](Cc1cn(C)cn1)C(=O)N[C@@H](CC1CCNCC1)C(=O)NCC(=O)N1[C@H](C(=O)N[C@@H](Cc2ccc(Br)cc2)C(=O)N2CCC[C@H]2C(=O)N[C@H](Cc2ccc(-c3ccccc3)cc2)C(=O)O)C[C@@H]2CCCC[C@@H]21. The highest BCUT2D eigenvalue weighted by atomic mass is 79.9. The van der Waals surface area contributed by atoms with Crippen molar-refractivity contribution in [1.82, 2.24) is 109 Å². The molecule has 766 valence electrons. The van der Waals surface area contributed by atoms with Crippen LogP contribution in [0.5, 0.6) is 0 Å². The van der Waals surface area contributed by atoms with Gasteiger partial charge in [-0.1, -0.05) is 109 Å². The molecule has 0 bridgehead atoms. The monoisotopic (exact) mass is 2020 g/mol. The van der Waals surface area contributed by atoms with Crippen LogP contribution in [-0.4, -0.2) is 276 Å². The minimum Gasteiger partial charge on any atom is -0.480 e. The average molecular weight is 2020 g/mol. The number of carbonyl (C=O) groups excluding carboxylic acids is 15. The van der Waals surface area contributed by atoms with E-state index in [9.17, 15) is 48.3 Å². The number of nitrogens with two attached hydrogens (primary N) is 3. The minimum atomic E-state index is -1.90. The fraction of sp³-hybridized carbons (Fsp3) is 0.567. The number of imidazole rings is 2. The summed E-state index contributed by atoms with van der Waals surface area (Å²) in [7, 11) is 1.70. The molecule has 1 aliphatic carbocycles. The van der Waals surface area contributed by atoms with E-state index in [0.717, 1.165) is 34.1 Å². The van der Waals surface area contributed by atoms with E-state index in [0.29, 0.717) is 68.4 Å². The summed E-state index contributed by atoms with van der Waals surface area (Å²) in [6, 6.07) is 9.06. The molecular weight excluding hydrogens is 1880 g/mol. The number of hydrogen-bond donors (Lipinski definition) is 21. The molecule has 5 aliphatic rings. The number of H-pyrrole nitrogens is 1. The maximum Gasteiger partial charge on any atom is 0.326 e. The molecule has 43 nitrogen and oxygen atoms in total. The number of aromatic nitrogens is 4. The molecule has 15 amide bonds. The lowest BCUT2D eigenvalue weighted by Crippen LogP contribution is -2.63. The van der Waals surface area contributed by atoms with Gasteiger partial charge >= 0.3 is 5.97 Å². The number of carboxylic acids is 1. The Morgan fingerprint density at radius 3 is 1.68 bits per heavy atom. The second kappa shape index (κ2) is 52.2. The Balaban J connectivity index is 0.811. The number of nitrogens with one attached hydrogen (secondary N) is 17. The number of primary amides is 1. The van der Waals surface area contributed by atoms with Crippen LogP contribution in [0, 0.1) is 34.0 Å². The predicted octanol–water partition coefficient (Wildman–Crippen LogP) is 0.329. The maximum absolute atomic E-state index is 15.3. The number of hydrogen-bond acceptors (Lipinski definition) is 21. The van der Waals surface area contributed by atoms with Crippen LogP contribution in [0.3, 0.4) is 0 Å². The number of halogens is 1. The van der Waals surface area contributed by atoms with E-state index in [2.05, 4.69) is 105 Å². The number of nitrogens with zero attached hydrogens (tertiary/aromatic N) is 6. The number of carbonyl (C=O) groups is 16. The van der Waals surface area contributed by atoms with E-state index in [4.69, 9.17) is 28.0 Å². The molecule has 0 unspecified atom stereocenters. The van der Waals surface area contributed by atoms with Gasteiger partial charge in [-0.3, -0.25) is 82.7 Å². The third-order valence-electron chi connectivity index (χ3n) is 26.5. The van der Waals surface area contributed by atoms with Crippen LogP contribution >= 0.6 is 15.9 Å². The molecule has 6 heterocycles. The Hall–Kier alpha value is -13.4. The van der Waals surface area contributed by atoms with Crippen LogP contribution in [0.25, 0.3) is 11.1 Å². The first-order valence-electron chi connectivity index (χ1n) is 48.6. The van der Waals surface area contributed by atoms with Crippen molar-refractivity contribution in [2.24, 2.45) is 47.4 Å². The first-order valence-corrected chi connectivity index (χ1v) is 49.4. The zero-order chi connectivity index (χ0) is 102. The summed E-state index contributed by atoms with van der Waals surface area (Å²) < 4.78 is 2.38. The summed E-state index contributed by atoms with van der Waals surface area (Å²) in [4.78, 5) is 248. The maximum atomic E-state index is 15.3. The van der Waals surface area contributed by atoms with Crippen molar-refractivity contribution < 1.29 is 81.8 Å². The molecule has 3 aromatic carbocycles. The van der Waals surface area contributed by atoms with Gasteiger partial charge in [0.1, 0.15) is 77.4 Å². The van der Waals surface area contributed by atoms with Crippen LogP contribution in [0.15, 0.2) is 108 Å². The molecule has 141 heavy (non-hydrogen) atoms. The number of fused-ring (bicyclic) bond motifs is 1. The van der Waals surface area contributed by atoms with Crippen molar-refractivity contribution in [3.8, 4) is 11.1 Å². The Labute approximate surface area is 828 Å². The standard InChI is InChI=1S/C97H139BrN26O17/c1-56(2)45-69(114-81(128)66(20-13-38-107-94(100)101)112-85(132)75-23-15-43-122(75)88(135)68(21-14-39-108-95(102)103)113-82(129)67(33-34-78(99)125)118-92(140)96(3,4)91(139)106-42-37-64-51-105-54-110-64)84(131)120-97(5,6)93(141)119-71(50-65-53-121(7)55-111-65)83(130)115-70(46-59-35-40-104-41-36-59)80(127)109-52-79(126)124-74-22-12-11-19-62(74)49-77(124)87(134)116-72(47-58-27-31-63(98)32-28-58)89(136)123-44-16-24-76(123)86(133)117-73(90(137)138)48-57-25-29-61(30-26-57)60-17-9-8-10-18-60/h8-10,17-18,25-32,51,53-56,59,62,66-77,104H,11-16,19-24,33-50,52H2,1-7H3,(H2,99,125)(H,105,110)(H,106,139)(H,109,127)(H,112,132)(H,113,129)(H,114,128)(H,115,130)(H,116,134)(H,117,133)(H,118,140)(H,119,141)(H,120,131)(H,137,138)(H4,100,101,107)(H4,102,103,108)/t62-,66-,67-,68+,69-,70-,71-,72-,73+,74-,75-,76-,77-/m0/s1. The van der Waals surface area contributed by atoms with Gasteiger partial charge in [0.05, 0.1) is 24.9 Å². The van der Waals surface area contributed by atoms with Gasteiger partial charge in [0.2, 0.25) is 88.6 Å². The van der Waals surface area contributed by atoms with Gasteiger partial charge in [-0.2, -0.15) is 0 Å². The largest absolute Gasteiger partial charge is 0.480 e. The molecule has 24 N–H and O–H groups in total. The number of aryl methyl sites for hydroxylation is 1. The number of guanidine groups is 2. The summed E-state index contributed by atoms with van der Waals surface area (Å²) >= 11 is 3.48. The third kappa shape index (κ3) is 32.3. The van der Waals surface area contributed by atoms with E-state index in [1.807, 2.05) is 54.6 Å². The van der Waals surface area contributed by atoms with E-state index < -0.39 is 191 Å². The second-order valence-electron chi connectivity index (χ2n) is 38.7. The Morgan fingerprint density at radius 1 is 0.546 bits per heavy atom. The predicted molar refractivity (Wildman–Crippen MR) is 525 cm³/mol. The molecule has 44 heteroatoms. The summed E-state index contributed by atoms with van der Waals surface area (Å²) in [6.45, 7) is 9.90. The van der Waals surface area contributed by atoms with Gasteiger partial charge in [0.15, 0.2) is 11.9 Å². The zero-order valence-corrected chi connectivity index (χ0v) is 82.8. The van der Waals surface area contributed by atoms with Gasteiger partial charge in [0.25, 0.3) is 0 Å². The Bertz CT molecular complexity index is 5210. The van der Waals surface area contributed by atoms with E-state index in [1.165, 1.54) is 55.0 Å². The molecule has 0 spiro atoms. The summed E-state index contributed by atoms with van der Waals surface area (Å²) in [5, 5.41) is 65.0. The van der Waals surface area contributed by atoms with Crippen LogP contribution in [-0.2, 0) is 109 Å². The van der Waals surface area contributed by atoms with Crippen molar-refractivity contribution in [2.45, 2.75) is 267 Å². The van der Waals surface area contributed by atoms with Crippen LogP contribution in [0.1, 0.15) is 186 Å². The molecule has 5 fully saturated rings. The normalized spacial score (nSPS) is 18.7. The molecule has 0 radical (unpaired) electrons. The highest BCUT2D eigenvalue weighted by Crippen LogP contribution is 2.40. The van der Waals surface area contributed by atoms with E-state index in [-0.39, 0.29) is 152 Å². The van der Waals surface area contributed by atoms with Crippen molar-refractivity contribution in [2.75, 3.05) is 52.4 Å².